The highest BCUT2D eigenvalue weighted by Gasteiger charge is 2.16. The van der Waals surface area contributed by atoms with E-state index in [2.05, 4.69) is 52.8 Å². The lowest BCUT2D eigenvalue weighted by molar-refractivity contribution is 0.105. The maximum absolute atomic E-state index is 3.56. The lowest BCUT2D eigenvalue weighted by Crippen LogP contribution is -2.51. The van der Waals surface area contributed by atoms with Crippen LogP contribution in [0.5, 0.6) is 0 Å². The van der Waals surface area contributed by atoms with Gasteiger partial charge >= 0.3 is 0 Å². The molecular formula is C16H26N4. The van der Waals surface area contributed by atoms with Gasteiger partial charge in [0.05, 0.1) is 0 Å². The van der Waals surface area contributed by atoms with Crippen molar-refractivity contribution in [2.45, 2.75) is 25.8 Å². The van der Waals surface area contributed by atoms with E-state index in [1.807, 2.05) is 0 Å². The molecule has 0 aliphatic carbocycles. The van der Waals surface area contributed by atoms with E-state index in [9.17, 15) is 0 Å². The molecule has 0 amide bonds. The van der Waals surface area contributed by atoms with Crippen LogP contribution in [0.25, 0.3) is 0 Å². The quantitative estimate of drug-likeness (QED) is 0.867. The number of piperazine rings is 1. The molecule has 1 aromatic carbocycles. The molecule has 4 heteroatoms. The highest BCUT2D eigenvalue weighted by molar-refractivity contribution is 5.57. The molecule has 1 aromatic rings. The van der Waals surface area contributed by atoms with Crippen molar-refractivity contribution in [1.29, 1.82) is 0 Å². The average molecular weight is 274 g/mol. The van der Waals surface area contributed by atoms with Gasteiger partial charge in [-0.15, -0.1) is 0 Å². The largest absolute Gasteiger partial charge is 0.382 e. The average Bonchev–Trinajstić information content (AvgIpc) is 2.80. The maximum Gasteiger partial charge on any atom is 0.0375 e. The van der Waals surface area contributed by atoms with E-state index in [-0.39, 0.29) is 0 Å². The highest BCUT2D eigenvalue weighted by atomic mass is 15.5. The van der Waals surface area contributed by atoms with Crippen molar-refractivity contribution >= 4 is 5.69 Å². The molecule has 20 heavy (non-hydrogen) atoms. The number of nitrogens with one attached hydrogen (secondary N) is 2. The van der Waals surface area contributed by atoms with Crippen molar-refractivity contribution in [3.8, 4) is 0 Å². The molecule has 1 fully saturated rings. The van der Waals surface area contributed by atoms with E-state index in [1.165, 1.54) is 16.8 Å². The van der Waals surface area contributed by atoms with E-state index in [0.29, 0.717) is 6.04 Å². The number of benzene rings is 1. The highest BCUT2D eigenvalue weighted by Crippen LogP contribution is 2.26. The van der Waals surface area contributed by atoms with E-state index in [4.69, 9.17) is 0 Å². The summed E-state index contributed by atoms with van der Waals surface area (Å²) in [6, 6.07) is 7.46. The summed E-state index contributed by atoms with van der Waals surface area (Å²) in [7, 11) is 2.19. The molecule has 0 bridgehead atoms. The standard InChI is InChI=1S/C16H26N4/c1-13-11-15-12-14(3-4-16(15)18-13)5-6-17-20-9-7-19(2)8-10-20/h3-4,12-13,17-18H,5-11H2,1-2H3. The van der Waals surface area contributed by atoms with Crippen molar-refractivity contribution < 1.29 is 0 Å². The molecule has 0 spiro atoms. The molecule has 3 rings (SSSR count). The van der Waals surface area contributed by atoms with Crippen LogP contribution >= 0.6 is 0 Å². The van der Waals surface area contributed by atoms with Gasteiger partial charge in [0, 0.05) is 44.5 Å². The minimum absolute atomic E-state index is 0.587. The number of hydrogen-bond acceptors (Lipinski definition) is 4. The molecule has 2 heterocycles. The zero-order valence-electron chi connectivity index (χ0n) is 12.7. The van der Waals surface area contributed by atoms with Crippen LogP contribution in [-0.2, 0) is 12.8 Å². The van der Waals surface area contributed by atoms with Gasteiger partial charge in [0.15, 0.2) is 0 Å². The molecule has 110 valence electrons. The number of anilines is 1. The van der Waals surface area contributed by atoms with Gasteiger partial charge in [0.1, 0.15) is 0 Å². The topological polar surface area (TPSA) is 30.5 Å². The van der Waals surface area contributed by atoms with Crippen LogP contribution in [0, 0.1) is 0 Å². The smallest absolute Gasteiger partial charge is 0.0375 e. The van der Waals surface area contributed by atoms with Crippen molar-refractivity contribution in [1.82, 2.24) is 15.3 Å². The van der Waals surface area contributed by atoms with Gasteiger partial charge in [-0.2, -0.15) is 0 Å². The molecule has 1 unspecified atom stereocenters. The minimum atomic E-state index is 0.587. The van der Waals surface area contributed by atoms with Gasteiger partial charge in [0.25, 0.3) is 0 Å². The van der Waals surface area contributed by atoms with Crippen molar-refractivity contribution in [2.75, 3.05) is 45.1 Å². The third-order valence-corrected chi connectivity index (χ3v) is 4.35. The SMILES string of the molecule is CC1Cc2cc(CCNN3CCN(C)CC3)ccc2N1. The third-order valence-electron chi connectivity index (χ3n) is 4.35. The molecule has 0 saturated carbocycles. The van der Waals surface area contributed by atoms with Gasteiger partial charge in [-0.3, -0.25) is 5.43 Å². The maximum atomic E-state index is 3.56. The Labute approximate surface area is 122 Å². The predicted octanol–water partition coefficient (Wildman–Crippen LogP) is 1.34. The van der Waals surface area contributed by atoms with Gasteiger partial charge in [-0.25, -0.2) is 5.01 Å². The molecule has 1 saturated heterocycles. The summed E-state index contributed by atoms with van der Waals surface area (Å²) in [5.74, 6) is 0. The summed E-state index contributed by atoms with van der Waals surface area (Å²) in [5.41, 5.74) is 7.81. The molecule has 2 N–H and O–H groups in total. The summed E-state index contributed by atoms with van der Waals surface area (Å²) >= 11 is 0. The number of nitrogens with zero attached hydrogens (tertiary/aromatic N) is 2. The number of rotatable bonds is 4. The number of likely N-dealkylation sites (N-methyl/N-ethyl adjacent to an activating group) is 1. The van der Waals surface area contributed by atoms with Gasteiger partial charge in [-0.1, -0.05) is 12.1 Å². The molecular weight excluding hydrogens is 248 g/mol. The van der Waals surface area contributed by atoms with Crippen LogP contribution in [0.4, 0.5) is 5.69 Å². The Morgan fingerprint density at radius 2 is 2.05 bits per heavy atom. The summed E-state index contributed by atoms with van der Waals surface area (Å²) in [5, 5.41) is 5.87. The van der Waals surface area contributed by atoms with Crippen molar-refractivity contribution in [3.05, 3.63) is 29.3 Å². The van der Waals surface area contributed by atoms with Gasteiger partial charge in [-0.05, 0) is 44.0 Å². The van der Waals surface area contributed by atoms with Crippen LogP contribution in [0.2, 0.25) is 0 Å². The van der Waals surface area contributed by atoms with Crippen LogP contribution in [-0.4, -0.2) is 55.7 Å². The summed E-state index contributed by atoms with van der Waals surface area (Å²) in [6.45, 7) is 7.86. The Balaban J connectivity index is 1.46. The molecule has 4 nitrogen and oxygen atoms in total. The zero-order valence-corrected chi connectivity index (χ0v) is 12.7. The fourth-order valence-corrected chi connectivity index (χ4v) is 3.08. The van der Waals surface area contributed by atoms with Gasteiger partial charge in [0.2, 0.25) is 0 Å². The first-order valence-corrected chi connectivity index (χ1v) is 7.76. The van der Waals surface area contributed by atoms with E-state index in [0.717, 1.165) is 45.6 Å². The number of fused-ring (bicyclic) bond motifs is 1. The molecule has 0 aromatic heterocycles. The normalized spacial score (nSPS) is 23.6. The van der Waals surface area contributed by atoms with Crippen molar-refractivity contribution in [2.24, 2.45) is 0 Å². The Kier molecular flexibility index (Phi) is 4.24. The second-order valence-electron chi connectivity index (χ2n) is 6.19. The Bertz CT molecular complexity index is 452. The van der Waals surface area contributed by atoms with E-state index in [1.54, 1.807) is 0 Å². The van der Waals surface area contributed by atoms with Crippen LogP contribution in [0.3, 0.4) is 0 Å². The Hall–Kier alpha value is -1.10. The zero-order chi connectivity index (χ0) is 13.9. The van der Waals surface area contributed by atoms with Crippen LogP contribution in [0.15, 0.2) is 18.2 Å². The molecule has 1 atom stereocenters. The van der Waals surface area contributed by atoms with E-state index >= 15 is 0 Å². The monoisotopic (exact) mass is 274 g/mol. The lowest BCUT2D eigenvalue weighted by Gasteiger charge is -2.32. The summed E-state index contributed by atoms with van der Waals surface area (Å²) in [4.78, 5) is 2.38. The third kappa shape index (κ3) is 3.32. The predicted molar refractivity (Wildman–Crippen MR) is 84.0 cm³/mol. The summed E-state index contributed by atoms with van der Waals surface area (Å²) < 4.78 is 0. The summed E-state index contributed by atoms with van der Waals surface area (Å²) in [6.07, 6.45) is 2.27. The second kappa shape index (κ2) is 6.12. The Morgan fingerprint density at radius 1 is 1.25 bits per heavy atom. The molecule has 0 radical (unpaired) electrons. The first-order chi connectivity index (χ1) is 9.70. The first kappa shape index (κ1) is 13.9. The first-order valence-electron chi connectivity index (χ1n) is 7.76. The Morgan fingerprint density at radius 3 is 2.85 bits per heavy atom. The minimum Gasteiger partial charge on any atom is -0.382 e. The van der Waals surface area contributed by atoms with Gasteiger partial charge < -0.3 is 10.2 Å². The van der Waals surface area contributed by atoms with Crippen LogP contribution in [0.1, 0.15) is 18.1 Å². The molecule has 2 aliphatic heterocycles. The fraction of sp³-hybridized carbons (Fsp3) is 0.625. The number of hydrazine groups is 1. The number of hydrogen-bond donors (Lipinski definition) is 2. The van der Waals surface area contributed by atoms with E-state index < -0.39 is 0 Å². The van der Waals surface area contributed by atoms with Crippen molar-refractivity contribution in [3.63, 3.8) is 0 Å². The fourth-order valence-electron chi connectivity index (χ4n) is 3.08. The molecule has 2 aliphatic rings. The second-order valence-corrected chi connectivity index (χ2v) is 6.19. The van der Waals surface area contributed by atoms with Crippen LogP contribution < -0.4 is 10.7 Å². The lowest BCUT2D eigenvalue weighted by atomic mass is 10.1.